The van der Waals surface area contributed by atoms with Crippen molar-refractivity contribution in [2.45, 2.75) is 32.4 Å². The first-order valence-corrected chi connectivity index (χ1v) is 8.13. The highest BCUT2D eigenvalue weighted by molar-refractivity contribution is 7.95. The minimum absolute atomic E-state index is 0.0227. The summed E-state index contributed by atoms with van der Waals surface area (Å²) < 4.78 is 26.7. The van der Waals surface area contributed by atoms with Gasteiger partial charge in [-0.2, -0.15) is 0 Å². The Labute approximate surface area is 120 Å². The van der Waals surface area contributed by atoms with E-state index in [0.717, 1.165) is 5.56 Å². The normalized spacial score (nSPS) is 13.0. The molecular formula is C13H20N2O2S2. The topological polar surface area (TPSA) is 63.4 Å². The number of nitrogens with zero attached hydrogens (tertiary/aromatic N) is 1. The molecule has 19 heavy (non-hydrogen) atoms. The Hall–Kier alpha value is -1.14. The molecule has 1 aromatic carbocycles. The SMILES string of the molecule is CCC(C(N)=S)S(=O)(=O)N(CC)c1ccccc1C. The number of nitrogens with two attached hydrogens (primary N) is 1. The van der Waals surface area contributed by atoms with E-state index in [1.54, 1.807) is 19.9 Å². The number of anilines is 1. The van der Waals surface area contributed by atoms with Crippen LogP contribution in [0.1, 0.15) is 25.8 Å². The van der Waals surface area contributed by atoms with Gasteiger partial charge < -0.3 is 5.73 Å². The average molecular weight is 300 g/mol. The van der Waals surface area contributed by atoms with Gasteiger partial charge in [-0.05, 0) is 31.9 Å². The molecule has 0 aliphatic heterocycles. The Morgan fingerprint density at radius 2 is 1.95 bits per heavy atom. The smallest absolute Gasteiger partial charge is 0.244 e. The Balaban J connectivity index is 3.31. The molecule has 4 nitrogen and oxygen atoms in total. The molecule has 1 aromatic rings. The second-order valence-corrected chi connectivity index (χ2v) is 6.81. The average Bonchev–Trinajstić information content (AvgIpc) is 2.32. The molecule has 0 heterocycles. The van der Waals surface area contributed by atoms with Gasteiger partial charge in [-0.25, -0.2) is 8.42 Å². The second-order valence-electron chi connectivity index (χ2n) is 4.30. The van der Waals surface area contributed by atoms with Crippen LogP contribution in [0.5, 0.6) is 0 Å². The third-order valence-corrected chi connectivity index (χ3v) is 5.84. The summed E-state index contributed by atoms with van der Waals surface area (Å²) in [6.07, 6.45) is 0.375. The summed E-state index contributed by atoms with van der Waals surface area (Å²) in [5.41, 5.74) is 7.16. The third-order valence-electron chi connectivity index (χ3n) is 3.03. The Kier molecular flexibility index (Phi) is 5.31. The second kappa shape index (κ2) is 6.34. The van der Waals surface area contributed by atoms with Crippen molar-refractivity contribution in [3.05, 3.63) is 29.8 Å². The molecule has 0 spiro atoms. The maximum Gasteiger partial charge on any atom is 0.244 e. The fourth-order valence-electron chi connectivity index (χ4n) is 2.04. The standard InChI is InChI=1S/C13H20N2O2S2/c1-4-12(13(14)18)19(16,17)15(5-2)11-9-7-6-8-10(11)3/h6-9,12H,4-5H2,1-3H3,(H2,14,18). The van der Waals surface area contributed by atoms with E-state index in [4.69, 9.17) is 18.0 Å². The minimum atomic E-state index is -3.57. The molecule has 0 saturated heterocycles. The van der Waals surface area contributed by atoms with Crippen LogP contribution in [0.4, 0.5) is 5.69 Å². The number of aryl methyl sites for hydroxylation is 1. The van der Waals surface area contributed by atoms with Gasteiger partial charge in [0.25, 0.3) is 0 Å². The van der Waals surface area contributed by atoms with Gasteiger partial charge in [-0.3, -0.25) is 4.31 Å². The molecule has 0 amide bonds. The summed E-state index contributed by atoms with van der Waals surface area (Å²) >= 11 is 4.89. The highest BCUT2D eigenvalue weighted by Gasteiger charge is 2.32. The van der Waals surface area contributed by atoms with Crippen LogP contribution in [-0.2, 0) is 10.0 Å². The molecule has 1 atom stereocenters. The van der Waals surface area contributed by atoms with E-state index < -0.39 is 15.3 Å². The quantitative estimate of drug-likeness (QED) is 0.818. The Morgan fingerprint density at radius 1 is 1.37 bits per heavy atom. The molecular weight excluding hydrogens is 280 g/mol. The van der Waals surface area contributed by atoms with Crippen molar-refractivity contribution in [3.8, 4) is 0 Å². The molecule has 0 aromatic heterocycles. The van der Waals surface area contributed by atoms with E-state index in [9.17, 15) is 8.42 Å². The van der Waals surface area contributed by atoms with Crippen molar-refractivity contribution >= 4 is 32.9 Å². The fourth-order valence-corrected chi connectivity index (χ4v) is 4.44. The first kappa shape index (κ1) is 15.9. The zero-order valence-corrected chi connectivity index (χ0v) is 13.1. The number of sulfonamides is 1. The van der Waals surface area contributed by atoms with Crippen molar-refractivity contribution < 1.29 is 8.42 Å². The van der Waals surface area contributed by atoms with Gasteiger partial charge in [0.15, 0.2) is 0 Å². The van der Waals surface area contributed by atoms with Gasteiger partial charge in [0.1, 0.15) is 5.25 Å². The number of benzene rings is 1. The van der Waals surface area contributed by atoms with Crippen molar-refractivity contribution in [3.63, 3.8) is 0 Å². The maximum atomic E-state index is 12.6. The van der Waals surface area contributed by atoms with Crippen LogP contribution in [-0.4, -0.2) is 25.2 Å². The van der Waals surface area contributed by atoms with Gasteiger partial charge in [-0.15, -0.1) is 0 Å². The number of hydrogen-bond donors (Lipinski definition) is 1. The minimum Gasteiger partial charge on any atom is -0.392 e. The van der Waals surface area contributed by atoms with E-state index in [2.05, 4.69) is 0 Å². The molecule has 0 bridgehead atoms. The van der Waals surface area contributed by atoms with E-state index in [-0.39, 0.29) is 4.99 Å². The number of para-hydroxylation sites is 1. The fraction of sp³-hybridized carbons (Fsp3) is 0.462. The van der Waals surface area contributed by atoms with E-state index in [0.29, 0.717) is 18.7 Å². The molecule has 1 rings (SSSR count). The lowest BCUT2D eigenvalue weighted by Gasteiger charge is -2.28. The third kappa shape index (κ3) is 3.25. The number of thiocarbonyl (C=S) groups is 1. The molecule has 6 heteroatoms. The van der Waals surface area contributed by atoms with Crippen molar-refractivity contribution in [1.82, 2.24) is 0 Å². The Morgan fingerprint density at radius 3 is 2.37 bits per heavy atom. The lowest BCUT2D eigenvalue weighted by molar-refractivity contribution is 0.585. The van der Waals surface area contributed by atoms with Crippen LogP contribution >= 0.6 is 12.2 Å². The first-order chi connectivity index (χ1) is 8.86. The lowest BCUT2D eigenvalue weighted by atomic mass is 10.2. The van der Waals surface area contributed by atoms with E-state index in [1.165, 1.54) is 4.31 Å². The van der Waals surface area contributed by atoms with Crippen LogP contribution in [0.2, 0.25) is 0 Å². The highest BCUT2D eigenvalue weighted by atomic mass is 32.2. The van der Waals surface area contributed by atoms with Gasteiger partial charge in [0.05, 0.1) is 10.7 Å². The van der Waals surface area contributed by atoms with Crippen LogP contribution in [0.3, 0.4) is 0 Å². The Bertz CT molecular complexity index is 556. The molecule has 0 fully saturated rings. The van der Waals surface area contributed by atoms with E-state index in [1.807, 2.05) is 25.1 Å². The summed E-state index contributed by atoms with van der Waals surface area (Å²) in [5, 5.41) is -0.818. The molecule has 2 N–H and O–H groups in total. The molecule has 0 aliphatic rings. The monoisotopic (exact) mass is 300 g/mol. The molecule has 1 unspecified atom stereocenters. The zero-order chi connectivity index (χ0) is 14.6. The number of hydrogen-bond acceptors (Lipinski definition) is 3. The maximum absolute atomic E-state index is 12.6. The summed E-state index contributed by atoms with van der Waals surface area (Å²) in [6.45, 7) is 5.81. The lowest BCUT2D eigenvalue weighted by Crippen LogP contribution is -2.44. The summed E-state index contributed by atoms with van der Waals surface area (Å²) in [6, 6.07) is 7.38. The summed E-state index contributed by atoms with van der Waals surface area (Å²) in [4.78, 5) is 0.0227. The largest absolute Gasteiger partial charge is 0.392 e. The van der Waals surface area contributed by atoms with E-state index >= 15 is 0 Å². The summed E-state index contributed by atoms with van der Waals surface area (Å²) in [5.74, 6) is 0. The highest BCUT2D eigenvalue weighted by Crippen LogP contribution is 2.25. The van der Waals surface area contributed by atoms with Gasteiger partial charge in [0.2, 0.25) is 10.0 Å². The predicted octanol–water partition coefficient (Wildman–Crippen LogP) is 2.22. The van der Waals surface area contributed by atoms with Crippen molar-refractivity contribution in [2.75, 3.05) is 10.8 Å². The molecule has 0 radical (unpaired) electrons. The van der Waals surface area contributed by atoms with Crippen LogP contribution in [0.25, 0.3) is 0 Å². The molecule has 0 saturated carbocycles. The van der Waals surface area contributed by atoms with Crippen molar-refractivity contribution in [2.24, 2.45) is 5.73 Å². The number of rotatable bonds is 6. The molecule has 106 valence electrons. The molecule has 0 aliphatic carbocycles. The van der Waals surface area contributed by atoms with Crippen LogP contribution in [0, 0.1) is 6.92 Å². The van der Waals surface area contributed by atoms with Gasteiger partial charge in [0, 0.05) is 6.54 Å². The predicted molar refractivity (Wildman–Crippen MR) is 84.0 cm³/mol. The zero-order valence-electron chi connectivity index (χ0n) is 11.5. The van der Waals surface area contributed by atoms with Crippen LogP contribution < -0.4 is 10.0 Å². The first-order valence-electron chi connectivity index (χ1n) is 6.22. The van der Waals surface area contributed by atoms with Crippen LogP contribution in [0.15, 0.2) is 24.3 Å². The van der Waals surface area contributed by atoms with Gasteiger partial charge >= 0.3 is 0 Å². The summed E-state index contributed by atoms with van der Waals surface area (Å²) in [7, 11) is -3.57. The van der Waals surface area contributed by atoms with Crippen molar-refractivity contribution in [1.29, 1.82) is 0 Å². The van der Waals surface area contributed by atoms with Gasteiger partial charge in [-0.1, -0.05) is 37.3 Å².